The first-order valence-electron chi connectivity index (χ1n) is 17.9. The molecular formula is C44H46O9. The Labute approximate surface area is 311 Å². The van der Waals surface area contributed by atoms with Crippen LogP contribution in [0.1, 0.15) is 27.8 Å². The van der Waals surface area contributed by atoms with E-state index in [1.807, 2.05) is 152 Å². The molecule has 5 aromatic rings. The molecule has 6 rings (SSSR count). The number of cyclic esters (lactones) is 1. The summed E-state index contributed by atoms with van der Waals surface area (Å²) in [6, 6.07) is 48.7. The van der Waals surface area contributed by atoms with E-state index in [0.29, 0.717) is 13.2 Å². The Morgan fingerprint density at radius 3 is 1.45 bits per heavy atom. The summed E-state index contributed by atoms with van der Waals surface area (Å²) in [6.45, 7) is 1.52. The molecule has 0 aliphatic carbocycles. The zero-order chi connectivity index (χ0) is 36.5. The van der Waals surface area contributed by atoms with Gasteiger partial charge in [-0.3, -0.25) is 0 Å². The number of aliphatic hydroxyl groups is 1. The molecule has 9 nitrogen and oxygen atoms in total. The molecule has 0 bridgehead atoms. The van der Waals surface area contributed by atoms with E-state index in [-0.39, 0.29) is 33.0 Å². The lowest BCUT2D eigenvalue weighted by molar-refractivity contribution is -0.256. The van der Waals surface area contributed by atoms with E-state index in [0.717, 1.165) is 27.8 Å². The van der Waals surface area contributed by atoms with Crippen LogP contribution in [0.4, 0.5) is 0 Å². The SMILES string of the molecule is O=C1O[C@H]([C@@H](OCc2ccccc2)C(OCc2ccccc2)OC[C@@H](COCc2ccccc2)OCc2ccccc2)[C@@H](OCc2ccccc2)[C@@H]1O. The molecule has 9 heteroatoms. The minimum absolute atomic E-state index is 0.0606. The molecule has 1 heterocycles. The fourth-order valence-corrected chi connectivity index (χ4v) is 5.89. The standard InChI is InChI=1S/C44H46O9/c45-39-40(49-28-35-20-10-3-11-21-35)41(53-43(39)46)42(50-29-36-22-12-4-13-23-36)44(51-30-37-24-14-5-15-25-37)52-32-38(48-27-34-18-8-2-9-19-34)31-47-26-33-16-6-1-7-17-33/h1-25,38-42,44-45H,26-32H2/t38-,39+,40+,41+,42-,44?/m1/s1. The molecule has 1 fully saturated rings. The number of hydrogen-bond donors (Lipinski definition) is 1. The minimum atomic E-state index is -1.53. The van der Waals surface area contributed by atoms with Crippen LogP contribution in [0.15, 0.2) is 152 Å². The van der Waals surface area contributed by atoms with Crippen molar-refractivity contribution in [1.82, 2.24) is 0 Å². The molecule has 53 heavy (non-hydrogen) atoms. The summed E-state index contributed by atoms with van der Waals surface area (Å²) in [5.74, 6) is -0.804. The van der Waals surface area contributed by atoms with Crippen LogP contribution in [0.5, 0.6) is 0 Å². The summed E-state index contributed by atoms with van der Waals surface area (Å²) < 4.78 is 44.1. The van der Waals surface area contributed by atoms with Gasteiger partial charge in [0.05, 0.1) is 46.2 Å². The molecular weight excluding hydrogens is 672 g/mol. The quantitative estimate of drug-likeness (QED) is 0.0648. The van der Waals surface area contributed by atoms with Gasteiger partial charge < -0.3 is 38.3 Å². The fourth-order valence-electron chi connectivity index (χ4n) is 5.89. The van der Waals surface area contributed by atoms with Gasteiger partial charge in [-0.25, -0.2) is 4.79 Å². The molecule has 0 aromatic heterocycles. The number of carbonyl (C=O) groups excluding carboxylic acids is 1. The molecule has 1 saturated heterocycles. The van der Waals surface area contributed by atoms with Gasteiger partial charge in [0, 0.05) is 0 Å². The van der Waals surface area contributed by atoms with Crippen molar-refractivity contribution in [3.05, 3.63) is 179 Å². The first kappa shape index (κ1) is 38.0. The normalized spacial score (nSPS) is 18.7. The molecule has 0 radical (unpaired) electrons. The average Bonchev–Trinajstić information content (AvgIpc) is 3.50. The number of carbonyl (C=O) groups is 1. The maximum atomic E-state index is 13.0. The van der Waals surface area contributed by atoms with Gasteiger partial charge in [0.2, 0.25) is 0 Å². The zero-order valence-corrected chi connectivity index (χ0v) is 29.6. The molecule has 1 aliphatic heterocycles. The van der Waals surface area contributed by atoms with E-state index in [2.05, 4.69) is 0 Å². The van der Waals surface area contributed by atoms with Crippen LogP contribution in [-0.2, 0) is 71.0 Å². The first-order chi connectivity index (χ1) is 26.1. The minimum Gasteiger partial charge on any atom is -0.454 e. The van der Waals surface area contributed by atoms with Crippen molar-refractivity contribution in [2.75, 3.05) is 13.2 Å². The average molecular weight is 719 g/mol. The van der Waals surface area contributed by atoms with Crippen molar-refractivity contribution in [1.29, 1.82) is 0 Å². The van der Waals surface area contributed by atoms with Gasteiger partial charge in [0.25, 0.3) is 0 Å². The predicted molar refractivity (Wildman–Crippen MR) is 198 cm³/mol. The Morgan fingerprint density at radius 1 is 0.509 bits per heavy atom. The smallest absolute Gasteiger partial charge is 0.338 e. The summed E-state index contributed by atoms with van der Waals surface area (Å²) >= 11 is 0. The second kappa shape index (κ2) is 20.5. The van der Waals surface area contributed by atoms with Crippen LogP contribution in [0.2, 0.25) is 0 Å². The lowest BCUT2D eigenvalue weighted by Gasteiger charge is -2.34. The number of aliphatic hydroxyl groups excluding tert-OH is 1. The molecule has 1 unspecified atom stereocenters. The number of hydrogen-bond acceptors (Lipinski definition) is 9. The van der Waals surface area contributed by atoms with Crippen molar-refractivity contribution in [2.45, 2.75) is 69.8 Å². The largest absolute Gasteiger partial charge is 0.454 e. The number of benzene rings is 5. The Morgan fingerprint density at radius 2 is 0.943 bits per heavy atom. The van der Waals surface area contributed by atoms with Crippen LogP contribution in [0, 0.1) is 0 Å². The maximum absolute atomic E-state index is 13.0. The van der Waals surface area contributed by atoms with Crippen LogP contribution in [-0.4, -0.2) is 61.1 Å². The summed E-state index contributed by atoms with van der Waals surface area (Å²) in [5.41, 5.74) is 4.72. The van der Waals surface area contributed by atoms with E-state index in [9.17, 15) is 9.90 Å². The molecule has 276 valence electrons. The van der Waals surface area contributed by atoms with Gasteiger partial charge in [-0.05, 0) is 27.8 Å². The monoisotopic (exact) mass is 718 g/mol. The summed E-state index contributed by atoms with van der Waals surface area (Å²) in [6.07, 6.45) is -6.26. The number of esters is 1. The zero-order valence-electron chi connectivity index (χ0n) is 29.6. The Balaban J connectivity index is 1.25. The van der Waals surface area contributed by atoms with Crippen LogP contribution in [0.25, 0.3) is 0 Å². The summed E-state index contributed by atoms with van der Waals surface area (Å²) in [7, 11) is 0. The fraction of sp³-hybridized carbons (Fsp3) is 0.295. The highest BCUT2D eigenvalue weighted by molar-refractivity contribution is 5.78. The third kappa shape index (κ3) is 11.9. The molecule has 0 saturated carbocycles. The molecule has 1 N–H and O–H groups in total. The molecule has 0 spiro atoms. The van der Waals surface area contributed by atoms with E-state index in [1.165, 1.54) is 0 Å². The molecule has 6 atom stereocenters. The molecule has 1 aliphatic rings. The van der Waals surface area contributed by atoms with Gasteiger partial charge >= 0.3 is 5.97 Å². The number of rotatable bonds is 21. The van der Waals surface area contributed by atoms with Gasteiger partial charge in [0.1, 0.15) is 18.3 Å². The van der Waals surface area contributed by atoms with Crippen LogP contribution >= 0.6 is 0 Å². The summed E-state index contributed by atoms with van der Waals surface area (Å²) in [5, 5.41) is 11.0. The van der Waals surface area contributed by atoms with Crippen LogP contribution in [0.3, 0.4) is 0 Å². The first-order valence-corrected chi connectivity index (χ1v) is 17.9. The Hall–Kier alpha value is -4.71. The lowest BCUT2D eigenvalue weighted by Crippen LogP contribution is -2.50. The van der Waals surface area contributed by atoms with E-state index in [1.54, 1.807) is 0 Å². The highest BCUT2D eigenvalue weighted by Crippen LogP contribution is 2.29. The van der Waals surface area contributed by atoms with Gasteiger partial charge in [0.15, 0.2) is 18.5 Å². The molecule has 0 amide bonds. The van der Waals surface area contributed by atoms with E-state index < -0.39 is 42.8 Å². The van der Waals surface area contributed by atoms with Gasteiger partial charge in [-0.2, -0.15) is 0 Å². The maximum Gasteiger partial charge on any atom is 0.338 e. The highest BCUT2D eigenvalue weighted by atomic mass is 16.7. The van der Waals surface area contributed by atoms with Crippen molar-refractivity contribution in [3.8, 4) is 0 Å². The molecule has 5 aromatic carbocycles. The predicted octanol–water partition coefficient (Wildman–Crippen LogP) is 6.81. The van der Waals surface area contributed by atoms with E-state index in [4.69, 9.17) is 33.2 Å². The van der Waals surface area contributed by atoms with E-state index >= 15 is 0 Å². The third-order valence-corrected chi connectivity index (χ3v) is 8.74. The summed E-state index contributed by atoms with van der Waals surface area (Å²) in [4.78, 5) is 13.0. The van der Waals surface area contributed by atoms with Crippen LogP contribution < -0.4 is 0 Å². The van der Waals surface area contributed by atoms with Gasteiger partial charge in [-0.15, -0.1) is 0 Å². The third-order valence-electron chi connectivity index (χ3n) is 8.74. The number of ether oxygens (including phenoxy) is 7. The van der Waals surface area contributed by atoms with Crippen molar-refractivity contribution in [3.63, 3.8) is 0 Å². The highest BCUT2D eigenvalue weighted by Gasteiger charge is 2.51. The van der Waals surface area contributed by atoms with Gasteiger partial charge in [-0.1, -0.05) is 152 Å². The topological polar surface area (TPSA) is 102 Å². The Bertz CT molecular complexity index is 1740. The van der Waals surface area contributed by atoms with Crippen molar-refractivity contribution in [2.24, 2.45) is 0 Å². The second-order valence-corrected chi connectivity index (χ2v) is 12.8. The Kier molecular flexibility index (Phi) is 14.7. The van der Waals surface area contributed by atoms with Crippen molar-refractivity contribution < 1.29 is 43.1 Å². The lowest BCUT2D eigenvalue weighted by atomic mass is 10.0. The van der Waals surface area contributed by atoms with Crippen molar-refractivity contribution >= 4 is 5.97 Å². The second-order valence-electron chi connectivity index (χ2n) is 12.8.